The molecule has 3 rings (SSSR count). The van der Waals surface area contributed by atoms with E-state index in [2.05, 4.69) is 0 Å². The molecule has 34 heavy (non-hydrogen) atoms. The first-order valence-corrected chi connectivity index (χ1v) is 10.6. The quantitative estimate of drug-likeness (QED) is 0.385. The lowest BCUT2D eigenvalue weighted by molar-refractivity contribution is 0.335. The smallest absolute Gasteiger partial charge is 0.170 e. The van der Waals surface area contributed by atoms with Crippen LogP contribution in [0.15, 0.2) is 54.1 Å². The molecule has 0 radical (unpaired) electrons. The van der Waals surface area contributed by atoms with E-state index in [0.717, 1.165) is 5.57 Å². The number of benzene rings is 3. The third-order valence-corrected chi connectivity index (χ3v) is 5.32. The third-order valence-electron chi connectivity index (χ3n) is 5.32. The summed E-state index contributed by atoms with van der Waals surface area (Å²) in [5.41, 5.74) is 3.14. The molecule has 2 N–H and O–H groups in total. The molecule has 180 valence electrons. The van der Waals surface area contributed by atoms with Gasteiger partial charge in [-0.3, -0.25) is 0 Å². The maximum atomic E-state index is 11.3. The molecule has 0 aliphatic rings. The number of allylic oxidation sites excluding steroid dienone is 1. The second kappa shape index (κ2) is 10.7. The van der Waals surface area contributed by atoms with E-state index in [4.69, 9.17) is 23.7 Å². The van der Waals surface area contributed by atoms with E-state index in [1.54, 1.807) is 44.6 Å². The summed E-state index contributed by atoms with van der Waals surface area (Å²) in [5.74, 6) is 1.80. The molecule has 0 heterocycles. The zero-order valence-corrected chi connectivity index (χ0v) is 20.3. The number of phenols is 2. The van der Waals surface area contributed by atoms with Crippen molar-refractivity contribution < 1.29 is 33.9 Å². The van der Waals surface area contributed by atoms with Crippen LogP contribution in [0.25, 0.3) is 22.3 Å². The molecule has 0 amide bonds. The van der Waals surface area contributed by atoms with Crippen LogP contribution in [0.2, 0.25) is 0 Å². The average Bonchev–Trinajstić information content (AvgIpc) is 2.83. The molecule has 7 heteroatoms. The normalized spacial score (nSPS) is 10.4. The lowest BCUT2D eigenvalue weighted by atomic mass is 9.95. The number of ether oxygens (including phenoxy) is 5. The van der Waals surface area contributed by atoms with Crippen molar-refractivity contribution >= 4 is 0 Å². The van der Waals surface area contributed by atoms with Gasteiger partial charge >= 0.3 is 0 Å². The highest BCUT2D eigenvalue weighted by Crippen LogP contribution is 2.53. The van der Waals surface area contributed by atoms with Gasteiger partial charge in [-0.1, -0.05) is 17.7 Å². The zero-order valence-electron chi connectivity index (χ0n) is 20.3. The van der Waals surface area contributed by atoms with Gasteiger partial charge < -0.3 is 33.9 Å². The summed E-state index contributed by atoms with van der Waals surface area (Å²) in [6.45, 7) is 4.28. The Morgan fingerprint density at radius 1 is 0.765 bits per heavy atom. The minimum Gasteiger partial charge on any atom is -0.504 e. The van der Waals surface area contributed by atoms with Gasteiger partial charge in [0.2, 0.25) is 0 Å². The van der Waals surface area contributed by atoms with Gasteiger partial charge in [-0.25, -0.2) is 0 Å². The minimum absolute atomic E-state index is 0.0597. The first-order chi connectivity index (χ1) is 16.4. The van der Waals surface area contributed by atoms with E-state index < -0.39 is 0 Å². The molecule has 0 spiro atoms. The van der Waals surface area contributed by atoms with Gasteiger partial charge in [-0.15, -0.1) is 0 Å². The van der Waals surface area contributed by atoms with E-state index in [1.165, 1.54) is 20.3 Å². The highest BCUT2D eigenvalue weighted by atomic mass is 16.5. The second-order valence-electron chi connectivity index (χ2n) is 7.70. The van der Waals surface area contributed by atoms with Crippen LogP contribution in [0.1, 0.15) is 13.8 Å². The fraction of sp³-hybridized carbons (Fsp3) is 0.259. The zero-order chi connectivity index (χ0) is 24.8. The van der Waals surface area contributed by atoms with Crippen molar-refractivity contribution in [1.82, 2.24) is 0 Å². The van der Waals surface area contributed by atoms with Gasteiger partial charge in [-0.05, 0) is 55.8 Å². The maximum Gasteiger partial charge on any atom is 0.170 e. The van der Waals surface area contributed by atoms with Gasteiger partial charge in [0.25, 0.3) is 0 Å². The van der Waals surface area contributed by atoms with Crippen molar-refractivity contribution in [2.24, 2.45) is 0 Å². The van der Waals surface area contributed by atoms with Crippen molar-refractivity contribution in [3.63, 3.8) is 0 Å². The van der Waals surface area contributed by atoms with Crippen molar-refractivity contribution in [3.05, 3.63) is 54.1 Å². The molecule has 3 aromatic carbocycles. The molecule has 0 aliphatic heterocycles. The lowest BCUT2D eigenvalue weighted by Gasteiger charge is -2.20. The fourth-order valence-electron chi connectivity index (χ4n) is 3.67. The van der Waals surface area contributed by atoms with Crippen LogP contribution in [0.5, 0.6) is 40.2 Å². The van der Waals surface area contributed by atoms with E-state index in [-0.39, 0.29) is 17.2 Å². The van der Waals surface area contributed by atoms with E-state index in [9.17, 15) is 10.2 Å². The number of hydrogen-bond acceptors (Lipinski definition) is 7. The predicted molar refractivity (Wildman–Crippen MR) is 132 cm³/mol. The molecule has 0 unspecified atom stereocenters. The largest absolute Gasteiger partial charge is 0.504 e. The first-order valence-electron chi connectivity index (χ1n) is 10.6. The molecule has 0 saturated heterocycles. The molecular formula is C27H30O7. The summed E-state index contributed by atoms with van der Waals surface area (Å²) >= 11 is 0. The van der Waals surface area contributed by atoms with Crippen LogP contribution in [-0.2, 0) is 0 Å². The highest BCUT2D eigenvalue weighted by Gasteiger charge is 2.25. The lowest BCUT2D eigenvalue weighted by Crippen LogP contribution is -1.99. The van der Waals surface area contributed by atoms with Gasteiger partial charge in [-0.2, -0.15) is 0 Å². The van der Waals surface area contributed by atoms with Gasteiger partial charge in [0.15, 0.2) is 23.0 Å². The Kier molecular flexibility index (Phi) is 7.79. The highest BCUT2D eigenvalue weighted by molar-refractivity contribution is 5.91. The van der Waals surface area contributed by atoms with Gasteiger partial charge in [0.05, 0.1) is 39.6 Å². The van der Waals surface area contributed by atoms with Crippen LogP contribution in [0, 0.1) is 0 Å². The Morgan fingerprint density at radius 3 is 1.94 bits per heavy atom. The standard InChI is InChI=1S/C27H30O7/c1-16(2)12-13-34-20-11-10-17(14-19(20)28)24-23(32-5)15-18(27(33-6)26(24)29)25-21(30-3)8-7-9-22(25)31-4/h7-12,14-15,28-29H,13H2,1-6H3. The van der Waals surface area contributed by atoms with E-state index in [0.29, 0.717) is 51.9 Å². The molecular weight excluding hydrogens is 436 g/mol. The average molecular weight is 467 g/mol. The molecule has 0 fully saturated rings. The SMILES string of the molecule is COc1cccc(OC)c1-c1cc(OC)c(-c2ccc(OCC=C(C)C)c(O)c2)c(O)c1OC. The van der Waals surface area contributed by atoms with E-state index >= 15 is 0 Å². The van der Waals surface area contributed by atoms with Crippen LogP contribution < -0.4 is 23.7 Å². The number of hydrogen-bond donors (Lipinski definition) is 2. The Bertz CT molecular complexity index is 1170. The van der Waals surface area contributed by atoms with Gasteiger partial charge in [0.1, 0.15) is 23.9 Å². The van der Waals surface area contributed by atoms with Crippen molar-refractivity contribution in [3.8, 4) is 62.5 Å². The van der Waals surface area contributed by atoms with E-state index in [1.807, 2.05) is 26.0 Å². The maximum absolute atomic E-state index is 11.3. The molecule has 0 atom stereocenters. The molecule has 7 nitrogen and oxygen atoms in total. The summed E-state index contributed by atoms with van der Waals surface area (Å²) in [5, 5.41) is 21.8. The summed E-state index contributed by atoms with van der Waals surface area (Å²) < 4.78 is 27.9. The van der Waals surface area contributed by atoms with Crippen molar-refractivity contribution in [2.45, 2.75) is 13.8 Å². The van der Waals surface area contributed by atoms with Gasteiger partial charge in [0, 0.05) is 5.56 Å². The summed E-state index contributed by atoms with van der Waals surface area (Å²) in [6, 6.07) is 12.0. The molecule has 0 bridgehead atoms. The summed E-state index contributed by atoms with van der Waals surface area (Å²) in [7, 11) is 6.08. The summed E-state index contributed by atoms with van der Waals surface area (Å²) in [6.07, 6.45) is 1.91. The topological polar surface area (TPSA) is 86.6 Å². The Labute approximate surface area is 199 Å². The minimum atomic E-state index is -0.151. The first kappa shape index (κ1) is 24.6. The number of rotatable bonds is 9. The Morgan fingerprint density at radius 2 is 1.41 bits per heavy atom. The second-order valence-corrected chi connectivity index (χ2v) is 7.70. The Hall–Kier alpha value is -4.00. The predicted octanol–water partition coefficient (Wildman–Crippen LogP) is 5.81. The van der Waals surface area contributed by atoms with Crippen molar-refractivity contribution in [2.75, 3.05) is 35.0 Å². The monoisotopic (exact) mass is 466 g/mol. The number of methoxy groups -OCH3 is 4. The summed E-state index contributed by atoms with van der Waals surface area (Å²) in [4.78, 5) is 0. The van der Waals surface area contributed by atoms with Crippen molar-refractivity contribution in [1.29, 1.82) is 0 Å². The number of aromatic hydroxyl groups is 2. The third kappa shape index (κ3) is 4.83. The molecule has 0 aliphatic carbocycles. The Balaban J connectivity index is 2.17. The fourth-order valence-corrected chi connectivity index (χ4v) is 3.67. The van der Waals surface area contributed by atoms with Crippen LogP contribution in [-0.4, -0.2) is 45.3 Å². The van der Waals surface area contributed by atoms with Crippen LogP contribution >= 0.6 is 0 Å². The molecule has 0 saturated carbocycles. The number of phenolic OH excluding ortho intramolecular Hbond substituents is 2. The van der Waals surface area contributed by atoms with Crippen LogP contribution in [0.4, 0.5) is 0 Å². The van der Waals surface area contributed by atoms with Crippen LogP contribution in [0.3, 0.4) is 0 Å². The molecule has 3 aromatic rings. The molecule has 0 aromatic heterocycles.